The lowest BCUT2D eigenvalue weighted by molar-refractivity contribution is -0.130. The Labute approximate surface area is 125 Å². The van der Waals surface area contributed by atoms with Gasteiger partial charge in [0, 0.05) is 26.1 Å². The molecule has 0 aromatic heterocycles. The van der Waals surface area contributed by atoms with Crippen molar-refractivity contribution in [3.05, 3.63) is 29.3 Å². The van der Waals surface area contributed by atoms with Crippen LogP contribution in [0.1, 0.15) is 19.3 Å². The largest absolute Gasteiger partial charge is 0.490 e. The molecule has 0 atom stereocenters. The number of halogens is 1. The number of benzene rings is 1. The lowest BCUT2D eigenvalue weighted by Crippen LogP contribution is -2.33. The average Bonchev–Trinajstić information content (AvgIpc) is 3.25. The molecule has 2 rings (SSSR count). The van der Waals surface area contributed by atoms with E-state index in [1.165, 1.54) is 12.8 Å². The smallest absolute Gasteiger partial charge is 0.223 e. The fourth-order valence-corrected chi connectivity index (χ4v) is 2.03. The van der Waals surface area contributed by atoms with Crippen molar-refractivity contribution in [2.24, 2.45) is 0 Å². The molecule has 1 aliphatic rings. The van der Waals surface area contributed by atoms with Gasteiger partial charge in [-0.2, -0.15) is 0 Å². The number of nitrogens with zero attached hydrogens (tertiary/aromatic N) is 1. The molecule has 1 aromatic rings. The zero-order chi connectivity index (χ0) is 14.4. The minimum absolute atomic E-state index is 0.140. The Bertz CT molecular complexity index is 449. The fourth-order valence-electron chi connectivity index (χ4n) is 1.84. The Kier molecular flexibility index (Phi) is 5.68. The summed E-state index contributed by atoms with van der Waals surface area (Å²) >= 11 is 5.99. The summed E-state index contributed by atoms with van der Waals surface area (Å²) < 4.78 is 5.57. The Morgan fingerprint density at radius 1 is 1.45 bits per heavy atom. The molecule has 1 aromatic carbocycles. The summed E-state index contributed by atoms with van der Waals surface area (Å²) in [5.41, 5.74) is 0. The van der Waals surface area contributed by atoms with Crippen molar-refractivity contribution < 1.29 is 9.53 Å². The SMILES string of the molecule is CN(CCOc1ccccc1Cl)C(=O)CCNC1CC1. The van der Waals surface area contributed by atoms with E-state index in [1.54, 1.807) is 18.0 Å². The summed E-state index contributed by atoms with van der Waals surface area (Å²) in [6.07, 6.45) is 3.03. The third-order valence-electron chi connectivity index (χ3n) is 3.30. The van der Waals surface area contributed by atoms with E-state index in [2.05, 4.69) is 5.32 Å². The Hall–Kier alpha value is -1.26. The molecule has 0 heterocycles. The van der Waals surface area contributed by atoms with Crippen LogP contribution in [0, 0.1) is 0 Å². The highest BCUT2D eigenvalue weighted by Gasteiger charge is 2.20. The molecule has 0 bridgehead atoms. The van der Waals surface area contributed by atoms with Crippen LogP contribution in [0.4, 0.5) is 0 Å². The Balaban J connectivity index is 1.62. The summed E-state index contributed by atoms with van der Waals surface area (Å²) in [5, 5.41) is 3.93. The number of amides is 1. The molecule has 1 N–H and O–H groups in total. The third kappa shape index (κ3) is 5.02. The van der Waals surface area contributed by atoms with Gasteiger partial charge in [0.05, 0.1) is 11.6 Å². The first kappa shape index (κ1) is 15.1. The molecule has 0 aliphatic heterocycles. The summed E-state index contributed by atoms with van der Waals surface area (Å²) in [5.74, 6) is 0.798. The van der Waals surface area contributed by atoms with Crippen LogP contribution >= 0.6 is 11.6 Å². The molecular formula is C15H21ClN2O2. The van der Waals surface area contributed by atoms with Gasteiger partial charge in [0.25, 0.3) is 0 Å². The maximum atomic E-state index is 11.9. The number of hydrogen-bond donors (Lipinski definition) is 1. The minimum Gasteiger partial charge on any atom is -0.490 e. The normalized spacial score (nSPS) is 14.1. The second-order valence-corrected chi connectivity index (χ2v) is 5.48. The Morgan fingerprint density at radius 3 is 2.90 bits per heavy atom. The van der Waals surface area contributed by atoms with Crippen molar-refractivity contribution in [3.63, 3.8) is 0 Å². The lowest BCUT2D eigenvalue weighted by Gasteiger charge is -2.18. The van der Waals surface area contributed by atoms with Crippen LogP contribution in [0.5, 0.6) is 5.75 Å². The number of likely N-dealkylation sites (N-methyl/N-ethyl adjacent to an activating group) is 1. The summed E-state index contributed by atoms with van der Waals surface area (Å²) in [6, 6.07) is 7.99. The number of ether oxygens (including phenoxy) is 1. The van der Waals surface area contributed by atoms with Gasteiger partial charge in [-0.05, 0) is 25.0 Å². The van der Waals surface area contributed by atoms with Crippen LogP contribution in [-0.2, 0) is 4.79 Å². The van der Waals surface area contributed by atoms with Crippen LogP contribution in [0.25, 0.3) is 0 Å². The highest BCUT2D eigenvalue weighted by molar-refractivity contribution is 6.32. The van der Waals surface area contributed by atoms with E-state index >= 15 is 0 Å². The van der Waals surface area contributed by atoms with E-state index < -0.39 is 0 Å². The van der Waals surface area contributed by atoms with E-state index in [0.717, 1.165) is 6.54 Å². The molecule has 110 valence electrons. The highest BCUT2D eigenvalue weighted by Crippen LogP contribution is 2.22. The zero-order valence-electron chi connectivity index (χ0n) is 11.8. The molecule has 0 radical (unpaired) electrons. The average molecular weight is 297 g/mol. The van der Waals surface area contributed by atoms with Gasteiger partial charge in [0.1, 0.15) is 12.4 Å². The van der Waals surface area contributed by atoms with Gasteiger partial charge in [-0.3, -0.25) is 4.79 Å². The number of carbonyl (C=O) groups is 1. The molecule has 0 unspecified atom stereocenters. The summed E-state index contributed by atoms with van der Waals surface area (Å²) in [6.45, 7) is 1.77. The van der Waals surface area contributed by atoms with E-state index in [-0.39, 0.29) is 5.91 Å². The molecule has 1 aliphatic carbocycles. The standard InChI is InChI=1S/C15H21ClN2O2/c1-18(15(19)8-9-17-12-6-7-12)10-11-20-14-5-3-2-4-13(14)16/h2-5,12,17H,6-11H2,1H3. The quantitative estimate of drug-likeness (QED) is 0.800. The molecule has 0 saturated heterocycles. The molecule has 1 fully saturated rings. The second kappa shape index (κ2) is 7.50. The van der Waals surface area contributed by atoms with E-state index in [9.17, 15) is 4.79 Å². The zero-order valence-corrected chi connectivity index (χ0v) is 12.5. The summed E-state index contributed by atoms with van der Waals surface area (Å²) in [4.78, 5) is 13.6. The minimum atomic E-state index is 0.140. The van der Waals surface area contributed by atoms with Crippen molar-refractivity contribution >= 4 is 17.5 Å². The van der Waals surface area contributed by atoms with Crippen molar-refractivity contribution in [2.75, 3.05) is 26.7 Å². The maximum absolute atomic E-state index is 11.9. The predicted octanol–water partition coefficient (Wildman–Crippen LogP) is 2.32. The van der Waals surface area contributed by atoms with Gasteiger partial charge in [-0.15, -0.1) is 0 Å². The van der Waals surface area contributed by atoms with Gasteiger partial charge in [0.2, 0.25) is 5.91 Å². The second-order valence-electron chi connectivity index (χ2n) is 5.07. The summed E-state index contributed by atoms with van der Waals surface area (Å²) in [7, 11) is 1.80. The van der Waals surface area contributed by atoms with Gasteiger partial charge in [-0.1, -0.05) is 23.7 Å². The van der Waals surface area contributed by atoms with Crippen LogP contribution < -0.4 is 10.1 Å². The van der Waals surface area contributed by atoms with Crippen molar-refractivity contribution in [2.45, 2.75) is 25.3 Å². The third-order valence-corrected chi connectivity index (χ3v) is 3.61. The highest BCUT2D eigenvalue weighted by atomic mass is 35.5. The van der Waals surface area contributed by atoms with Gasteiger partial charge >= 0.3 is 0 Å². The van der Waals surface area contributed by atoms with Crippen LogP contribution in [-0.4, -0.2) is 43.6 Å². The van der Waals surface area contributed by atoms with Crippen LogP contribution in [0.3, 0.4) is 0 Å². The van der Waals surface area contributed by atoms with Crippen LogP contribution in [0.2, 0.25) is 5.02 Å². The molecular weight excluding hydrogens is 276 g/mol. The monoisotopic (exact) mass is 296 g/mol. The van der Waals surface area contributed by atoms with E-state index in [4.69, 9.17) is 16.3 Å². The molecule has 0 spiro atoms. The number of hydrogen-bond acceptors (Lipinski definition) is 3. The Morgan fingerprint density at radius 2 is 2.20 bits per heavy atom. The van der Waals surface area contributed by atoms with Crippen molar-refractivity contribution in [1.82, 2.24) is 10.2 Å². The molecule has 20 heavy (non-hydrogen) atoms. The molecule has 1 saturated carbocycles. The van der Waals surface area contributed by atoms with Gasteiger partial charge in [0.15, 0.2) is 0 Å². The molecule has 4 nitrogen and oxygen atoms in total. The number of rotatable bonds is 8. The van der Waals surface area contributed by atoms with Crippen molar-refractivity contribution in [1.29, 1.82) is 0 Å². The lowest BCUT2D eigenvalue weighted by atomic mass is 10.3. The maximum Gasteiger partial charge on any atom is 0.223 e. The van der Waals surface area contributed by atoms with Gasteiger partial charge in [-0.25, -0.2) is 0 Å². The number of carbonyl (C=O) groups excluding carboxylic acids is 1. The molecule has 1 amide bonds. The first-order valence-corrected chi connectivity index (χ1v) is 7.39. The predicted molar refractivity (Wildman–Crippen MR) is 80.2 cm³/mol. The number of nitrogens with one attached hydrogen (secondary N) is 1. The van der Waals surface area contributed by atoms with E-state index in [1.807, 2.05) is 18.2 Å². The molecule has 5 heteroatoms. The van der Waals surface area contributed by atoms with Crippen LogP contribution in [0.15, 0.2) is 24.3 Å². The van der Waals surface area contributed by atoms with Crippen molar-refractivity contribution in [3.8, 4) is 5.75 Å². The van der Waals surface area contributed by atoms with Gasteiger partial charge < -0.3 is 15.0 Å². The first-order chi connectivity index (χ1) is 9.66. The number of para-hydroxylation sites is 1. The first-order valence-electron chi connectivity index (χ1n) is 7.01. The topological polar surface area (TPSA) is 41.6 Å². The fraction of sp³-hybridized carbons (Fsp3) is 0.533. The van der Waals surface area contributed by atoms with E-state index in [0.29, 0.717) is 36.4 Å².